The van der Waals surface area contributed by atoms with Gasteiger partial charge in [0.05, 0.1) is 12.7 Å². The molecule has 4 heteroatoms. The quantitative estimate of drug-likeness (QED) is 0.744. The summed E-state index contributed by atoms with van der Waals surface area (Å²) < 4.78 is 0. The Hall–Kier alpha value is -0.610. The molecular formula is C12H16ClNO2. The fraction of sp³-hybridized carbons (Fsp3) is 0.500. The van der Waals surface area contributed by atoms with Crippen LogP contribution in [0.1, 0.15) is 23.6 Å². The molecule has 2 atom stereocenters. The molecule has 0 aromatic heterocycles. The zero-order valence-corrected chi connectivity index (χ0v) is 9.74. The third-order valence-electron chi connectivity index (χ3n) is 2.99. The van der Waals surface area contributed by atoms with Gasteiger partial charge in [-0.15, -0.1) is 0 Å². The average Bonchev–Trinajstić information content (AvgIpc) is 2.68. The van der Waals surface area contributed by atoms with E-state index in [0.29, 0.717) is 6.54 Å². The van der Waals surface area contributed by atoms with Crippen molar-refractivity contribution in [3.63, 3.8) is 0 Å². The van der Waals surface area contributed by atoms with Crippen molar-refractivity contribution in [2.45, 2.75) is 25.0 Å². The van der Waals surface area contributed by atoms with E-state index in [1.54, 1.807) is 0 Å². The molecule has 0 radical (unpaired) electrons. The molecule has 3 N–H and O–H groups in total. The van der Waals surface area contributed by atoms with Crippen molar-refractivity contribution in [2.75, 3.05) is 13.2 Å². The minimum absolute atomic E-state index is 0.201. The van der Waals surface area contributed by atoms with Crippen LogP contribution in [0.5, 0.6) is 0 Å². The SMILES string of the molecule is OCC(O)CNC1CCc2cc(Cl)ccc21. The molecule has 0 aliphatic heterocycles. The number of rotatable bonds is 4. The summed E-state index contributed by atoms with van der Waals surface area (Å²) in [5, 5.41) is 22.0. The summed E-state index contributed by atoms with van der Waals surface area (Å²) in [4.78, 5) is 0. The normalized spacial score (nSPS) is 20.8. The second kappa shape index (κ2) is 5.15. The molecule has 3 nitrogen and oxygen atoms in total. The monoisotopic (exact) mass is 241 g/mol. The van der Waals surface area contributed by atoms with Gasteiger partial charge in [-0.2, -0.15) is 0 Å². The van der Waals surface area contributed by atoms with E-state index >= 15 is 0 Å². The molecule has 1 aromatic rings. The summed E-state index contributed by atoms with van der Waals surface area (Å²) in [6.45, 7) is 0.219. The van der Waals surface area contributed by atoms with Crippen LogP contribution in [0, 0.1) is 0 Å². The lowest BCUT2D eigenvalue weighted by Gasteiger charge is -2.16. The second-order valence-corrected chi connectivity index (χ2v) is 4.62. The van der Waals surface area contributed by atoms with E-state index in [2.05, 4.69) is 5.32 Å². The van der Waals surface area contributed by atoms with Crippen LogP contribution in [0.15, 0.2) is 18.2 Å². The third-order valence-corrected chi connectivity index (χ3v) is 3.23. The van der Waals surface area contributed by atoms with Crippen molar-refractivity contribution in [1.29, 1.82) is 0 Å². The standard InChI is InChI=1S/C12H16ClNO2/c13-9-2-3-11-8(5-9)1-4-12(11)14-6-10(16)7-15/h2-3,5,10,12,14-16H,1,4,6-7H2. The van der Waals surface area contributed by atoms with E-state index < -0.39 is 6.10 Å². The molecule has 1 aliphatic rings. The maximum Gasteiger partial charge on any atom is 0.0895 e. The molecule has 1 aliphatic carbocycles. The predicted octanol–water partition coefficient (Wildman–Crippen LogP) is 1.27. The van der Waals surface area contributed by atoms with Crippen LogP contribution in [-0.2, 0) is 6.42 Å². The molecule has 1 aromatic carbocycles. The van der Waals surface area contributed by atoms with Gasteiger partial charge >= 0.3 is 0 Å². The number of aliphatic hydroxyl groups excluding tert-OH is 2. The molecule has 0 amide bonds. The van der Waals surface area contributed by atoms with Gasteiger partial charge in [0.2, 0.25) is 0 Å². The van der Waals surface area contributed by atoms with Crippen LogP contribution in [0.4, 0.5) is 0 Å². The highest BCUT2D eigenvalue weighted by Gasteiger charge is 2.22. The lowest BCUT2D eigenvalue weighted by atomic mass is 10.1. The van der Waals surface area contributed by atoms with Crippen LogP contribution >= 0.6 is 11.6 Å². The lowest BCUT2D eigenvalue weighted by Crippen LogP contribution is -2.31. The minimum atomic E-state index is -0.684. The molecule has 2 unspecified atom stereocenters. The van der Waals surface area contributed by atoms with Gasteiger partial charge in [0.1, 0.15) is 0 Å². The van der Waals surface area contributed by atoms with E-state index in [1.807, 2.05) is 18.2 Å². The molecule has 2 rings (SSSR count). The van der Waals surface area contributed by atoms with Crippen molar-refractivity contribution in [3.05, 3.63) is 34.3 Å². The van der Waals surface area contributed by atoms with Crippen molar-refractivity contribution in [1.82, 2.24) is 5.32 Å². The number of benzene rings is 1. The first-order valence-corrected chi connectivity index (χ1v) is 5.89. The predicted molar refractivity (Wildman–Crippen MR) is 63.6 cm³/mol. The zero-order valence-electron chi connectivity index (χ0n) is 8.99. The van der Waals surface area contributed by atoms with Crippen molar-refractivity contribution < 1.29 is 10.2 Å². The summed E-state index contributed by atoms with van der Waals surface area (Å²) in [5.41, 5.74) is 2.54. The Kier molecular flexibility index (Phi) is 3.82. The van der Waals surface area contributed by atoms with E-state index in [1.165, 1.54) is 11.1 Å². The molecule has 88 valence electrons. The number of fused-ring (bicyclic) bond motifs is 1. The molecule has 16 heavy (non-hydrogen) atoms. The highest BCUT2D eigenvalue weighted by Crippen LogP contribution is 2.32. The van der Waals surface area contributed by atoms with Crippen LogP contribution in [0.25, 0.3) is 0 Å². The Balaban J connectivity index is 2.01. The minimum Gasteiger partial charge on any atom is -0.394 e. The van der Waals surface area contributed by atoms with Crippen molar-refractivity contribution in [3.8, 4) is 0 Å². The molecule has 0 bridgehead atoms. The topological polar surface area (TPSA) is 52.5 Å². The summed E-state index contributed by atoms with van der Waals surface area (Å²) in [6.07, 6.45) is 1.35. The van der Waals surface area contributed by atoms with E-state index in [4.69, 9.17) is 16.7 Å². The molecule has 0 saturated heterocycles. The van der Waals surface area contributed by atoms with Crippen LogP contribution in [0.3, 0.4) is 0 Å². The number of hydrogen-bond donors (Lipinski definition) is 3. The van der Waals surface area contributed by atoms with Gasteiger partial charge in [-0.05, 0) is 36.1 Å². The Labute approximate surface area is 100 Å². The van der Waals surface area contributed by atoms with Gasteiger partial charge in [0.25, 0.3) is 0 Å². The highest BCUT2D eigenvalue weighted by atomic mass is 35.5. The average molecular weight is 242 g/mol. The van der Waals surface area contributed by atoms with Gasteiger partial charge < -0.3 is 15.5 Å². The summed E-state index contributed by atoms with van der Waals surface area (Å²) in [6, 6.07) is 6.20. The Morgan fingerprint density at radius 1 is 1.50 bits per heavy atom. The van der Waals surface area contributed by atoms with Gasteiger partial charge in [-0.25, -0.2) is 0 Å². The molecule has 0 spiro atoms. The number of halogens is 1. The second-order valence-electron chi connectivity index (χ2n) is 4.18. The van der Waals surface area contributed by atoms with E-state index in [-0.39, 0.29) is 12.6 Å². The van der Waals surface area contributed by atoms with Gasteiger partial charge in [0.15, 0.2) is 0 Å². The largest absolute Gasteiger partial charge is 0.394 e. The lowest BCUT2D eigenvalue weighted by molar-refractivity contribution is 0.0919. The molecule has 0 fully saturated rings. The van der Waals surface area contributed by atoms with Gasteiger partial charge in [0, 0.05) is 17.6 Å². The summed E-state index contributed by atoms with van der Waals surface area (Å²) in [5.74, 6) is 0. The molecular weight excluding hydrogens is 226 g/mol. The zero-order chi connectivity index (χ0) is 11.5. The molecule has 0 saturated carbocycles. The molecule has 0 heterocycles. The fourth-order valence-electron chi connectivity index (χ4n) is 2.14. The first-order chi connectivity index (χ1) is 7.70. The first-order valence-electron chi connectivity index (χ1n) is 5.51. The maximum atomic E-state index is 9.28. The fourth-order valence-corrected chi connectivity index (χ4v) is 2.34. The maximum absolute atomic E-state index is 9.28. The van der Waals surface area contributed by atoms with Crippen LogP contribution in [0.2, 0.25) is 5.02 Å². The van der Waals surface area contributed by atoms with Gasteiger partial charge in [-0.1, -0.05) is 17.7 Å². The van der Waals surface area contributed by atoms with Crippen molar-refractivity contribution in [2.24, 2.45) is 0 Å². The first kappa shape index (κ1) is 11.9. The van der Waals surface area contributed by atoms with Crippen LogP contribution in [-0.4, -0.2) is 29.5 Å². The van der Waals surface area contributed by atoms with Crippen LogP contribution < -0.4 is 5.32 Å². The summed E-state index contributed by atoms with van der Waals surface area (Å²) in [7, 11) is 0. The van der Waals surface area contributed by atoms with Crippen molar-refractivity contribution >= 4 is 11.6 Å². The number of aliphatic hydroxyl groups is 2. The Morgan fingerprint density at radius 3 is 3.06 bits per heavy atom. The number of nitrogens with one attached hydrogen (secondary N) is 1. The third kappa shape index (κ3) is 2.55. The highest BCUT2D eigenvalue weighted by molar-refractivity contribution is 6.30. The smallest absolute Gasteiger partial charge is 0.0895 e. The van der Waals surface area contributed by atoms with E-state index in [0.717, 1.165) is 17.9 Å². The number of aryl methyl sites for hydroxylation is 1. The van der Waals surface area contributed by atoms with Gasteiger partial charge in [-0.3, -0.25) is 0 Å². The number of hydrogen-bond acceptors (Lipinski definition) is 3. The van der Waals surface area contributed by atoms with E-state index in [9.17, 15) is 5.11 Å². The Bertz CT molecular complexity index is 370. The Morgan fingerprint density at radius 2 is 2.31 bits per heavy atom. The summed E-state index contributed by atoms with van der Waals surface area (Å²) >= 11 is 5.93.